The average Bonchev–Trinajstić information content (AvgIpc) is 2.92. The van der Waals surface area contributed by atoms with Crippen LogP contribution in [-0.4, -0.2) is 33.4 Å². The number of rotatable bonds is 6. The topological polar surface area (TPSA) is 94.1 Å². The van der Waals surface area contributed by atoms with Crippen LogP contribution in [0.4, 0.5) is 5.69 Å². The number of carbonyl (C=O) groups is 2. The summed E-state index contributed by atoms with van der Waals surface area (Å²) in [6.45, 7) is 3.66. The molecule has 5 aromatic rings. The lowest BCUT2D eigenvalue weighted by Gasteiger charge is -2.12. The smallest absolute Gasteiger partial charge is 0.338 e. The maximum atomic E-state index is 12.7. The first-order valence-electron chi connectivity index (χ1n) is 11.8. The van der Waals surface area contributed by atoms with Gasteiger partial charge < -0.3 is 10.1 Å². The summed E-state index contributed by atoms with van der Waals surface area (Å²) in [5.41, 5.74) is 7.75. The highest BCUT2D eigenvalue weighted by molar-refractivity contribution is 5.97. The Labute approximate surface area is 214 Å². The van der Waals surface area contributed by atoms with Crippen LogP contribution < -0.4 is 5.32 Å². The van der Waals surface area contributed by atoms with E-state index in [1.54, 1.807) is 42.7 Å². The van der Waals surface area contributed by atoms with Gasteiger partial charge in [-0.15, -0.1) is 0 Å². The Morgan fingerprint density at radius 3 is 1.89 bits per heavy atom. The number of ether oxygens (including phenoxy) is 1. The standard InChI is InChI=1S/C30H24N4O3/c1-19-3-7-21(8-4-19)28-29(22-9-5-20(2)6-10-22)34-26-17-23(11-12-25(26)33-28)30(36)37-18-27(35)32-24-13-15-31-16-14-24/h3-17H,18H2,1-2H3,(H,31,32,35). The van der Waals surface area contributed by atoms with Crippen LogP contribution in [0, 0.1) is 13.8 Å². The van der Waals surface area contributed by atoms with E-state index in [1.165, 1.54) is 0 Å². The van der Waals surface area contributed by atoms with E-state index in [0.29, 0.717) is 16.7 Å². The SMILES string of the molecule is Cc1ccc(-c2nc3ccc(C(=O)OCC(=O)Nc4ccncc4)cc3nc2-c2ccc(C)cc2)cc1. The molecule has 0 saturated heterocycles. The zero-order valence-corrected chi connectivity index (χ0v) is 20.4. The Bertz CT molecular complexity index is 1580. The van der Waals surface area contributed by atoms with Crippen LogP contribution in [0.3, 0.4) is 0 Å². The molecule has 2 aromatic heterocycles. The fourth-order valence-electron chi connectivity index (χ4n) is 3.85. The van der Waals surface area contributed by atoms with Crippen molar-refractivity contribution in [1.82, 2.24) is 15.0 Å². The zero-order valence-electron chi connectivity index (χ0n) is 20.4. The van der Waals surface area contributed by atoms with Crippen molar-refractivity contribution < 1.29 is 14.3 Å². The number of benzene rings is 3. The Morgan fingerprint density at radius 2 is 1.30 bits per heavy atom. The molecule has 0 fully saturated rings. The van der Waals surface area contributed by atoms with E-state index >= 15 is 0 Å². The highest BCUT2D eigenvalue weighted by Crippen LogP contribution is 2.31. The average molecular weight is 489 g/mol. The van der Waals surface area contributed by atoms with Crippen molar-refractivity contribution in [2.75, 3.05) is 11.9 Å². The van der Waals surface area contributed by atoms with Gasteiger partial charge in [0, 0.05) is 29.2 Å². The van der Waals surface area contributed by atoms with Gasteiger partial charge in [-0.2, -0.15) is 0 Å². The Kier molecular flexibility index (Phi) is 6.68. The molecule has 0 radical (unpaired) electrons. The molecule has 0 aliphatic heterocycles. The number of amides is 1. The summed E-state index contributed by atoms with van der Waals surface area (Å²) in [7, 11) is 0. The summed E-state index contributed by atoms with van der Waals surface area (Å²) in [5.74, 6) is -1.06. The lowest BCUT2D eigenvalue weighted by Crippen LogP contribution is -2.20. The predicted octanol–water partition coefficient (Wildman–Crippen LogP) is 5.77. The molecular weight excluding hydrogens is 464 g/mol. The third-order valence-electron chi connectivity index (χ3n) is 5.85. The number of nitrogens with zero attached hydrogens (tertiary/aromatic N) is 3. The van der Waals surface area contributed by atoms with Crippen LogP contribution >= 0.6 is 0 Å². The second-order valence-corrected chi connectivity index (χ2v) is 8.72. The van der Waals surface area contributed by atoms with E-state index in [2.05, 4.69) is 10.3 Å². The molecule has 37 heavy (non-hydrogen) atoms. The van der Waals surface area contributed by atoms with E-state index < -0.39 is 18.5 Å². The first kappa shape index (κ1) is 23.8. The molecule has 7 nitrogen and oxygen atoms in total. The molecule has 0 saturated carbocycles. The molecule has 0 aliphatic rings. The molecule has 7 heteroatoms. The molecule has 0 atom stereocenters. The maximum Gasteiger partial charge on any atom is 0.338 e. The molecule has 0 spiro atoms. The molecule has 1 amide bonds. The summed E-state index contributed by atoms with van der Waals surface area (Å²) >= 11 is 0. The van der Waals surface area contributed by atoms with Crippen molar-refractivity contribution in [2.24, 2.45) is 0 Å². The van der Waals surface area contributed by atoms with Crippen molar-refractivity contribution in [2.45, 2.75) is 13.8 Å². The number of pyridine rings is 1. The number of carbonyl (C=O) groups excluding carboxylic acids is 2. The molecule has 0 bridgehead atoms. The Balaban J connectivity index is 1.44. The lowest BCUT2D eigenvalue weighted by atomic mass is 10.0. The van der Waals surface area contributed by atoms with Crippen LogP contribution in [0.2, 0.25) is 0 Å². The number of hydrogen-bond donors (Lipinski definition) is 1. The molecular formula is C30H24N4O3. The van der Waals surface area contributed by atoms with Crippen LogP contribution in [-0.2, 0) is 9.53 Å². The highest BCUT2D eigenvalue weighted by Gasteiger charge is 2.16. The molecule has 182 valence electrons. The van der Waals surface area contributed by atoms with E-state index in [9.17, 15) is 9.59 Å². The third kappa shape index (κ3) is 5.51. The van der Waals surface area contributed by atoms with Gasteiger partial charge in [0.1, 0.15) is 0 Å². The Morgan fingerprint density at radius 1 is 0.730 bits per heavy atom. The summed E-state index contributed by atoms with van der Waals surface area (Å²) in [5, 5.41) is 2.65. The van der Waals surface area contributed by atoms with Crippen molar-refractivity contribution in [1.29, 1.82) is 0 Å². The monoisotopic (exact) mass is 488 g/mol. The van der Waals surface area contributed by atoms with Crippen LogP contribution in [0.5, 0.6) is 0 Å². The minimum absolute atomic E-state index is 0.288. The Hall–Kier alpha value is -4.91. The van der Waals surface area contributed by atoms with Crippen molar-refractivity contribution >= 4 is 28.6 Å². The van der Waals surface area contributed by atoms with Gasteiger partial charge >= 0.3 is 5.97 Å². The molecule has 0 unspecified atom stereocenters. The normalized spacial score (nSPS) is 10.8. The number of anilines is 1. The molecule has 3 aromatic carbocycles. The number of aromatic nitrogens is 3. The minimum atomic E-state index is -0.618. The largest absolute Gasteiger partial charge is 0.452 e. The number of aryl methyl sites for hydroxylation is 2. The molecule has 2 heterocycles. The highest BCUT2D eigenvalue weighted by atomic mass is 16.5. The number of hydrogen-bond acceptors (Lipinski definition) is 6. The molecule has 5 rings (SSSR count). The van der Waals surface area contributed by atoms with E-state index in [4.69, 9.17) is 14.7 Å². The second-order valence-electron chi connectivity index (χ2n) is 8.72. The van der Waals surface area contributed by atoms with Crippen LogP contribution in [0.25, 0.3) is 33.5 Å². The predicted molar refractivity (Wildman–Crippen MR) is 143 cm³/mol. The molecule has 0 aliphatic carbocycles. The lowest BCUT2D eigenvalue weighted by molar-refractivity contribution is -0.119. The zero-order chi connectivity index (χ0) is 25.8. The van der Waals surface area contributed by atoms with Crippen molar-refractivity contribution in [3.8, 4) is 22.5 Å². The van der Waals surface area contributed by atoms with Gasteiger partial charge in [-0.1, -0.05) is 59.7 Å². The summed E-state index contributed by atoms with van der Waals surface area (Å²) < 4.78 is 5.23. The van der Waals surface area contributed by atoms with Gasteiger partial charge in [0.15, 0.2) is 6.61 Å². The number of esters is 1. The quantitative estimate of drug-likeness (QED) is 0.305. The summed E-state index contributed by atoms with van der Waals surface area (Å²) in [6, 6.07) is 24.6. The number of nitrogens with one attached hydrogen (secondary N) is 1. The number of fused-ring (bicyclic) bond motifs is 1. The van der Waals surface area contributed by atoms with E-state index in [1.807, 2.05) is 62.4 Å². The van der Waals surface area contributed by atoms with Crippen molar-refractivity contribution in [3.05, 3.63) is 108 Å². The third-order valence-corrected chi connectivity index (χ3v) is 5.85. The summed E-state index contributed by atoms with van der Waals surface area (Å²) in [6.07, 6.45) is 3.12. The first-order chi connectivity index (χ1) is 18.0. The van der Waals surface area contributed by atoms with Gasteiger partial charge in [-0.3, -0.25) is 9.78 Å². The molecule has 1 N–H and O–H groups in total. The minimum Gasteiger partial charge on any atom is -0.452 e. The van der Waals surface area contributed by atoms with Gasteiger partial charge in [0.2, 0.25) is 0 Å². The van der Waals surface area contributed by atoms with Gasteiger partial charge in [-0.05, 0) is 44.2 Å². The second kappa shape index (κ2) is 10.4. The van der Waals surface area contributed by atoms with Crippen LogP contribution in [0.15, 0.2) is 91.3 Å². The first-order valence-corrected chi connectivity index (χ1v) is 11.8. The van der Waals surface area contributed by atoms with Gasteiger partial charge in [-0.25, -0.2) is 14.8 Å². The van der Waals surface area contributed by atoms with Gasteiger partial charge in [0.25, 0.3) is 5.91 Å². The summed E-state index contributed by atoms with van der Waals surface area (Å²) in [4.78, 5) is 38.6. The van der Waals surface area contributed by atoms with E-state index in [-0.39, 0.29) is 5.56 Å². The van der Waals surface area contributed by atoms with Crippen LogP contribution in [0.1, 0.15) is 21.5 Å². The fraction of sp³-hybridized carbons (Fsp3) is 0.100. The fourth-order valence-corrected chi connectivity index (χ4v) is 3.85. The van der Waals surface area contributed by atoms with E-state index in [0.717, 1.165) is 33.6 Å². The maximum absolute atomic E-state index is 12.7. The van der Waals surface area contributed by atoms with Gasteiger partial charge in [0.05, 0.1) is 28.0 Å². The van der Waals surface area contributed by atoms with Crippen molar-refractivity contribution in [3.63, 3.8) is 0 Å².